The van der Waals surface area contributed by atoms with Crippen LogP contribution in [0.25, 0.3) is 77.5 Å². The van der Waals surface area contributed by atoms with Gasteiger partial charge in [-0.05, 0) is 48.5 Å². The van der Waals surface area contributed by atoms with Gasteiger partial charge in [0.1, 0.15) is 11.2 Å². The molecule has 4 aromatic heterocycles. The maximum atomic E-state index is 5.57. The van der Waals surface area contributed by atoms with Gasteiger partial charge in [-0.3, -0.25) is 15.0 Å². The van der Waals surface area contributed by atoms with Crippen molar-refractivity contribution in [2.75, 3.05) is 0 Å². The lowest BCUT2D eigenvalue weighted by Crippen LogP contribution is -1.87. The van der Waals surface area contributed by atoms with Crippen LogP contribution >= 0.6 is 0 Å². The summed E-state index contributed by atoms with van der Waals surface area (Å²) in [5.41, 5.74) is 7.87. The van der Waals surface area contributed by atoms with Gasteiger partial charge in [0.2, 0.25) is 0 Å². The molecule has 7 heteroatoms. The Balaban J connectivity index is 1.27. The van der Waals surface area contributed by atoms with Crippen molar-refractivity contribution in [1.82, 2.24) is 24.9 Å². The fourth-order valence-corrected chi connectivity index (χ4v) is 4.88. The highest BCUT2D eigenvalue weighted by atomic mass is 16.3. The molecule has 0 spiro atoms. The standard InChI is InChI=1S/C29H15N5O2/c1-3-27-18(5-7-35-27)20-9-16(11-30-24(1)20)22-13-32-26-15-34-29(33-14-23(22)26)17-10-21-19-6-8-36-28(19)4-2-25(21)31-12-17/h1-15H. The summed E-state index contributed by atoms with van der Waals surface area (Å²) < 4.78 is 11.1. The van der Waals surface area contributed by atoms with E-state index in [9.17, 15) is 0 Å². The maximum absolute atomic E-state index is 5.57. The van der Waals surface area contributed by atoms with Crippen LogP contribution < -0.4 is 0 Å². The Kier molecular flexibility index (Phi) is 3.81. The summed E-state index contributed by atoms with van der Waals surface area (Å²) in [5.74, 6) is 0.575. The van der Waals surface area contributed by atoms with Crippen LogP contribution in [0, 0.1) is 0 Å². The smallest absolute Gasteiger partial charge is 0.160 e. The van der Waals surface area contributed by atoms with E-state index in [1.165, 1.54) is 0 Å². The van der Waals surface area contributed by atoms with Crippen LogP contribution in [0.2, 0.25) is 0 Å². The highest BCUT2D eigenvalue weighted by Gasteiger charge is 2.16. The summed E-state index contributed by atoms with van der Waals surface area (Å²) in [7, 11) is 0. The van der Waals surface area contributed by atoms with Crippen LogP contribution in [-0.2, 0) is 0 Å². The summed E-state index contributed by atoms with van der Waals surface area (Å²) in [5, 5.41) is 4.08. The lowest BCUT2D eigenvalue weighted by molar-refractivity contribution is 0.616. The summed E-state index contributed by atoms with van der Waals surface area (Å²) in [6, 6.07) is 15.9. The molecule has 0 radical (unpaired) electrons. The topological polar surface area (TPSA) is 90.7 Å². The minimum Gasteiger partial charge on any atom is -0.464 e. The second-order valence-corrected chi connectivity index (χ2v) is 8.69. The molecule has 0 bridgehead atoms. The number of aromatic nitrogens is 5. The predicted octanol–water partition coefficient (Wildman–Crippen LogP) is 6.90. The van der Waals surface area contributed by atoms with Gasteiger partial charge in [0.25, 0.3) is 0 Å². The van der Waals surface area contributed by atoms with Gasteiger partial charge in [-0.1, -0.05) is 0 Å². The quantitative estimate of drug-likeness (QED) is 0.274. The molecule has 8 rings (SSSR count). The number of fused-ring (bicyclic) bond motifs is 7. The zero-order chi connectivity index (χ0) is 23.6. The highest BCUT2D eigenvalue weighted by molar-refractivity contribution is 6.06. The van der Waals surface area contributed by atoms with E-state index < -0.39 is 0 Å². The van der Waals surface area contributed by atoms with Gasteiger partial charge >= 0.3 is 0 Å². The first-order valence-corrected chi connectivity index (χ1v) is 11.5. The molecule has 0 unspecified atom stereocenters. The fourth-order valence-electron chi connectivity index (χ4n) is 4.88. The number of hydrogen-bond acceptors (Lipinski definition) is 7. The van der Waals surface area contributed by atoms with Gasteiger partial charge < -0.3 is 8.83 Å². The summed E-state index contributed by atoms with van der Waals surface area (Å²) >= 11 is 0. The molecular formula is C29H15N5O2. The van der Waals surface area contributed by atoms with Crippen LogP contribution in [-0.4, -0.2) is 24.9 Å². The Labute approximate surface area is 203 Å². The van der Waals surface area contributed by atoms with Crippen molar-refractivity contribution in [2.45, 2.75) is 0 Å². The molecule has 0 fully saturated rings. The molecule has 0 atom stereocenters. The molecule has 6 aromatic rings. The SMILES string of the molecule is c1cc2c(ccc3ncc(-c4ncc5ncc(-c6cnc7ccc8occc8c7c6)c-5cn4)cc32)o1. The average Bonchev–Trinajstić information content (AvgIpc) is 3.65. The van der Waals surface area contributed by atoms with Gasteiger partial charge in [0.15, 0.2) is 5.82 Å². The Bertz CT molecular complexity index is 2070. The van der Waals surface area contributed by atoms with Crippen molar-refractivity contribution in [3.63, 3.8) is 0 Å². The van der Waals surface area contributed by atoms with Crippen molar-refractivity contribution in [3.8, 4) is 33.8 Å². The Morgan fingerprint density at radius 1 is 0.472 bits per heavy atom. The summed E-state index contributed by atoms with van der Waals surface area (Å²) in [6.07, 6.45) is 12.5. The van der Waals surface area contributed by atoms with E-state index in [4.69, 9.17) is 13.8 Å². The number of nitrogens with zero attached hydrogens (tertiary/aromatic N) is 5. The van der Waals surface area contributed by atoms with Crippen molar-refractivity contribution < 1.29 is 8.83 Å². The molecule has 7 nitrogen and oxygen atoms in total. The second-order valence-electron chi connectivity index (χ2n) is 8.69. The first-order valence-electron chi connectivity index (χ1n) is 11.5. The summed E-state index contributed by atoms with van der Waals surface area (Å²) in [6.45, 7) is 0. The lowest BCUT2D eigenvalue weighted by atomic mass is 10.0. The molecule has 2 aliphatic rings. The van der Waals surface area contributed by atoms with Crippen molar-refractivity contribution in [2.24, 2.45) is 0 Å². The molecule has 6 heterocycles. The molecule has 0 aliphatic carbocycles. The normalized spacial score (nSPS) is 11.9. The zero-order valence-corrected chi connectivity index (χ0v) is 18.7. The number of benzene rings is 2. The van der Waals surface area contributed by atoms with Gasteiger partial charge in [-0.2, -0.15) is 0 Å². The molecule has 2 aliphatic heterocycles. The molecule has 36 heavy (non-hydrogen) atoms. The summed E-state index contributed by atoms with van der Waals surface area (Å²) in [4.78, 5) is 23.3. The minimum absolute atomic E-state index is 0.575. The van der Waals surface area contributed by atoms with Crippen molar-refractivity contribution in [3.05, 3.63) is 92.0 Å². The zero-order valence-electron chi connectivity index (χ0n) is 18.7. The molecule has 0 amide bonds. The third-order valence-corrected chi connectivity index (χ3v) is 6.69. The number of pyridine rings is 2. The largest absolute Gasteiger partial charge is 0.464 e. The molecule has 0 saturated carbocycles. The minimum atomic E-state index is 0.575. The molecular weight excluding hydrogens is 450 g/mol. The van der Waals surface area contributed by atoms with E-state index in [1.807, 2.05) is 55.0 Å². The lowest BCUT2D eigenvalue weighted by Gasteiger charge is -2.04. The van der Waals surface area contributed by atoms with Gasteiger partial charge in [0.05, 0.1) is 35.5 Å². The Morgan fingerprint density at radius 3 is 1.81 bits per heavy atom. The Morgan fingerprint density at radius 2 is 1.08 bits per heavy atom. The van der Waals surface area contributed by atoms with Gasteiger partial charge in [-0.15, -0.1) is 0 Å². The van der Waals surface area contributed by atoms with Gasteiger partial charge in [-0.25, -0.2) is 9.97 Å². The van der Waals surface area contributed by atoms with E-state index in [1.54, 1.807) is 24.9 Å². The van der Waals surface area contributed by atoms with E-state index in [0.717, 1.165) is 71.7 Å². The van der Waals surface area contributed by atoms with E-state index in [0.29, 0.717) is 5.82 Å². The third-order valence-electron chi connectivity index (χ3n) is 6.69. The number of hydrogen-bond donors (Lipinski definition) is 0. The molecule has 168 valence electrons. The third kappa shape index (κ3) is 2.77. The van der Waals surface area contributed by atoms with Gasteiger partial charge in [0, 0.05) is 68.6 Å². The molecule has 0 saturated heterocycles. The fraction of sp³-hybridized carbons (Fsp3) is 0. The second kappa shape index (κ2) is 7.16. The van der Waals surface area contributed by atoms with Crippen LogP contribution in [0.3, 0.4) is 0 Å². The van der Waals surface area contributed by atoms with E-state index in [2.05, 4.69) is 32.1 Å². The van der Waals surface area contributed by atoms with Crippen molar-refractivity contribution in [1.29, 1.82) is 0 Å². The first kappa shape index (κ1) is 19.2. The Hall–Kier alpha value is -5.17. The van der Waals surface area contributed by atoms with Crippen molar-refractivity contribution >= 4 is 43.7 Å². The highest BCUT2D eigenvalue weighted by Crippen LogP contribution is 2.35. The maximum Gasteiger partial charge on any atom is 0.160 e. The van der Waals surface area contributed by atoms with Crippen LogP contribution in [0.15, 0.2) is 101 Å². The van der Waals surface area contributed by atoms with Crippen LogP contribution in [0.1, 0.15) is 0 Å². The number of rotatable bonds is 2. The monoisotopic (exact) mass is 465 g/mol. The first-order chi connectivity index (χ1) is 17.8. The average molecular weight is 465 g/mol. The molecule has 0 N–H and O–H groups in total. The predicted molar refractivity (Wildman–Crippen MR) is 137 cm³/mol. The van der Waals surface area contributed by atoms with E-state index >= 15 is 0 Å². The van der Waals surface area contributed by atoms with E-state index in [-0.39, 0.29) is 0 Å². The molecule has 2 aromatic carbocycles. The van der Waals surface area contributed by atoms with Crippen LogP contribution in [0.4, 0.5) is 0 Å². The number of furan rings is 2. The van der Waals surface area contributed by atoms with Crippen LogP contribution in [0.5, 0.6) is 0 Å².